The second-order valence-corrected chi connectivity index (χ2v) is 7.51. The molecule has 1 aliphatic carbocycles. The number of nitrogens with zero attached hydrogens (tertiary/aromatic N) is 2. The summed E-state index contributed by atoms with van der Waals surface area (Å²) in [6.07, 6.45) is 9.02. The third-order valence-electron chi connectivity index (χ3n) is 4.28. The number of hydrogen-bond donors (Lipinski definition) is 1. The first-order valence-corrected chi connectivity index (χ1v) is 8.35. The Kier molecular flexibility index (Phi) is 5.63. The minimum atomic E-state index is 0.149. The maximum Gasteiger partial charge on any atom is 0.128 e. The van der Waals surface area contributed by atoms with Gasteiger partial charge in [0.15, 0.2) is 0 Å². The molecule has 1 aromatic rings. The smallest absolute Gasteiger partial charge is 0.128 e. The molecule has 0 aliphatic heterocycles. The van der Waals surface area contributed by atoms with Gasteiger partial charge in [-0.1, -0.05) is 25.3 Å². The van der Waals surface area contributed by atoms with Gasteiger partial charge in [-0.25, -0.2) is 4.98 Å². The molecule has 21 heavy (non-hydrogen) atoms. The largest absolute Gasteiger partial charge is 0.359 e. The van der Waals surface area contributed by atoms with Crippen LogP contribution in [0.4, 0.5) is 5.82 Å². The van der Waals surface area contributed by atoms with E-state index in [1.54, 1.807) is 0 Å². The van der Waals surface area contributed by atoms with Gasteiger partial charge in [0.05, 0.1) is 0 Å². The fourth-order valence-corrected chi connectivity index (χ4v) is 2.96. The van der Waals surface area contributed by atoms with Crippen molar-refractivity contribution in [3.63, 3.8) is 0 Å². The summed E-state index contributed by atoms with van der Waals surface area (Å²) in [5.74, 6) is 1.95. The molecule has 0 aromatic carbocycles. The van der Waals surface area contributed by atoms with Gasteiger partial charge in [0, 0.05) is 31.9 Å². The summed E-state index contributed by atoms with van der Waals surface area (Å²) in [5.41, 5.74) is 1.40. The minimum absolute atomic E-state index is 0.149. The monoisotopic (exact) mass is 289 g/mol. The highest BCUT2D eigenvalue weighted by molar-refractivity contribution is 5.38. The summed E-state index contributed by atoms with van der Waals surface area (Å²) in [5, 5.41) is 3.50. The van der Waals surface area contributed by atoms with Gasteiger partial charge in [-0.05, 0) is 51.2 Å². The fraction of sp³-hybridized carbons (Fsp3) is 0.722. The Labute approximate surface area is 130 Å². The summed E-state index contributed by atoms with van der Waals surface area (Å²) in [6, 6.07) is 4.35. The first-order chi connectivity index (χ1) is 9.94. The van der Waals surface area contributed by atoms with Gasteiger partial charge in [-0.2, -0.15) is 0 Å². The van der Waals surface area contributed by atoms with Crippen LogP contribution >= 0.6 is 0 Å². The van der Waals surface area contributed by atoms with E-state index in [9.17, 15) is 0 Å². The Bertz CT molecular complexity index is 413. The molecule has 1 aromatic heterocycles. The molecular weight excluding hydrogens is 258 g/mol. The van der Waals surface area contributed by atoms with Crippen LogP contribution in [-0.2, 0) is 6.54 Å². The van der Waals surface area contributed by atoms with Gasteiger partial charge >= 0.3 is 0 Å². The first kappa shape index (κ1) is 16.3. The van der Waals surface area contributed by atoms with E-state index >= 15 is 0 Å². The van der Waals surface area contributed by atoms with Crippen molar-refractivity contribution in [2.45, 2.75) is 65.0 Å². The van der Waals surface area contributed by atoms with Crippen LogP contribution in [0.15, 0.2) is 18.3 Å². The van der Waals surface area contributed by atoms with Crippen LogP contribution < -0.4 is 10.2 Å². The van der Waals surface area contributed by atoms with Crippen molar-refractivity contribution in [1.29, 1.82) is 0 Å². The maximum absolute atomic E-state index is 4.63. The zero-order valence-electron chi connectivity index (χ0n) is 14.2. The topological polar surface area (TPSA) is 28.2 Å². The molecule has 1 aliphatic rings. The molecule has 0 bridgehead atoms. The summed E-state index contributed by atoms with van der Waals surface area (Å²) < 4.78 is 0. The molecule has 0 radical (unpaired) electrons. The van der Waals surface area contributed by atoms with E-state index in [4.69, 9.17) is 0 Å². The second-order valence-electron chi connectivity index (χ2n) is 7.51. The molecule has 1 N–H and O–H groups in total. The third-order valence-corrected chi connectivity index (χ3v) is 4.28. The van der Waals surface area contributed by atoms with Gasteiger partial charge < -0.3 is 10.2 Å². The molecule has 3 heteroatoms. The van der Waals surface area contributed by atoms with Crippen LogP contribution in [0, 0.1) is 5.92 Å². The molecule has 0 spiro atoms. The zero-order valence-corrected chi connectivity index (χ0v) is 14.2. The van der Waals surface area contributed by atoms with Gasteiger partial charge in [0.2, 0.25) is 0 Å². The van der Waals surface area contributed by atoms with E-state index in [-0.39, 0.29) is 5.54 Å². The Hall–Kier alpha value is -1.09. The SMILES string of the molecule is CN(CC1CCCCC1)c1ccc(CNC(C)(C)C)cn1. The van der Waals surface area contributed by atoms with Crippen LogP contribution in [-0.4, -0.2) is 24.1 Å². The molecule has 2 rings (SSSR count). The van der Waals surface area contributed by atoms with Gasteiger partial charge in [-0.15, -0.1) is 0 Å². The summed E-state index contributed by atoms with van der Waals surface area (Å²) in [7, 11) is 2.17. The minimum Gasteiger partial charge on any atom is -0.359 e. The fourth-order valence-electron chi connectivity index (χ4n) is 2.96. The molecular formula is C18H31N3. The normalized spacial score (nSPS) is 17.0. The Morgan fingerprint density at radius 3 is 2.48 bits per heavy atom. The number of aromatic nitrogens is 1. The molecule has 3 nitrogen and oxygen atoms in total. The molecule has 1 saturated carbocycles. The number of pyridine rings is 1. The van der Waals surface area contributed by atoms with E-state index in [0.29, 0.717) is 0 Å². The Morgan fingerprint density at radius 1 is 1.19 bits per heavy atom. The Morgan fingerprint density at radius 2 is 1.90 bits per heavy atom. The predicted molar refractivity (Wildman–Crippen MR) is 90.7 cm³/mol. The molecule has 0 atom stereocenters. The summed E-state index contributed by atoms with van der Waals surface area (Å²) in [6.45, 7) is 8.59. The van der Waals surface area contributed by atoms with Gasteiger partial charge in [0.1, 0.15) is 5.82 Å². The van der Waals surface area contributed by atoms with Crippen LogP contribution in [0.3, 0.4) is 0 Å². The molecule has 0 unspecified atom stereocenters. The number of hydrogen-bond acceptors (Lipinski definition) is 3. The maximum atomic E-state index is 4.63. The van der Waals surface area contributed by atoms with E-state index in [1.807, 2.05) is 6.20 Å². The number of anilines is 1. The quantitative estimate of drug-likeness (QED) is 0.888. The van der Waals surface area contributed by atoms with Crippen molar-refractivity contribution >= 4 is 5.82 Å². The molecule has 1 fully saturated rings. The summed E-state index contributed by atoms with van der Waals surface area (Å²) >= 11 is 0. The van der Waals surface area contributed by atoms with Crippen LogP contribution in [0.1, 0.15) is 58.4 Å². The molecule has 0 amide bonds. The predicted octanol–water partition coefficient (Wildman–Crippen LogP) is 3.99. The van der Waals surface area contributed by atoms with Crippen molar-refractivity contribution in [1.82, 2.24) is 10.3 Å². The summed E-state index contributed by atoms with van der Waals surface area (Å²) in [4.78, 5) is 6.95. The average Bonchev–Trinajstić information content (AvgIpc) is 2.46. The zero-order chi connectivity index (χ0) is 15.3. The van der Waals surface area contributed by atoms with E-state index in [2.05, 4.69) is 55.2 Å². The number of rotatable bonds is 5. The third kappa shape index (κ3) is 5.66. The Balaban J connectivity index is 1.85. The van der Waals surface area contributed by atoms with Crippen LogP contribution in [0.25, 0.3) is 0 Å². The first-order valence-electron chi connectivity index (χ1n) is 8.35. The lowest BCUT2D eigenvalue weighted by Crippen LogP contribution is -2.35. The highest BCUT2D eigenvalue weighted by Crippen LogP contribution is 2.25. The molecule has 1 heterocycles. The van der Waals surface area contributed by atoms with Crippen molar-refractivity contribution in [3.8, 4) is 0 Å². The van der Waals surface area contributed by atoms with Crippen molar-refractivity contribution in [3.05, 3.63) is 23.9 Å². The lowest BCUT2D eigenvalue weighted by Gasteiger charge is -2.27. The van der Waals surface area contributed by atoms with Crippen molar-refractivity contribution in [2.75, 3.05) is 18.5 Å². The average molecular weight is 289 g/mol. The van der Waals surface area contributed by atoms with Crippen LogP contribution in [0.2, 0.25) is 0 Å². The lowest BCUT2D eigenvalue weighted by atomic mass is 9.89. The van der Waals surface area contributed by atoms with Gasteiger partial charge in [-0.3, -0.25) is 0 Å². The lowest BCUT2D eigenvalue weighted by molar-refractivity contribution is 0.361. The van der Waals surface area contributed by atoms with Gasteiger partial charge in [0.25, 0.3) is 0 Å². The molecule has 118 valence electrons. The van der Waals surface area contributed by atoms with Crippen molar-refractivity contribution < 1.29 is 0 Å². The van der Waals surface area contributed by atoms with Crippen LogP contribution in [0.5, 0.6) is 0 Å². The number of nitrogens with one attached hydrogen (secondary N) is 1. The highest BCUT2D eigenvalue weighted by Gasteiger charge is 2.16. The van der Waals surface area contributed by atoms with E-state index < -0.39 is 0 Å². The van der Waals surface area contributed by atoms with E-state index in [1.165, 1.54) is 37.7 Å². The van der Waals surface area contributed by atoms with E-state index in [0.717, 1.165) is 24.8 Å². The second kappa shape index (κ2) is 7.26. The highest BCUT2D eigenvalue weighted by atomic mass is 15.2. The standard InChI is InChI=1S/C18H31N3/c1-18(2,3)20-13-16-10-11-17(19-12-16)21(4)14-15-8-6-5-7-9-15/h10-12,15,20H,5-9,13-14H2,1-4H3. The molecule has 0 saturated heterocycles. The van der Waals surface area contributed by atoms with Crippen molar-refractivity contribution in [2.24, 2.45) is 5.92 Å².